The summed E-state index contributed by atoms with van der Waals surface area (Å²) in [6, 6.07) is 6.32. The van der Waals surface area contributed by atoms with Crippen molar-refractivity contribution in [3.8, 4) is 11.6 Å². The van der Waals surface area contributed by atoms with E-state index in [4.69, 9.17) is 4.74 Å². The molecule has 2 aromatic rings. The van der Waals surface area contributed by atoms with Gasteiger partial charge in [-0.15, -0.1) is 0 Å². The summed E-state index contributed by atoms with van der Waals surface area (Å²) in [6.07, 6.45) is -2.09. The van der Waals surface area contributed by atoms with E-state index in [2.05, 4.69) is 9.72 Å². The number of aryl methyl sites for hydroxylation is 1. The molecule has 0 saturated carbocycles. The van der Waals surface area contributed by atoms with Crippen LogP contribution >= 0.6 is 0 Å². The normalized spacial score (nSPS) is 17.1. The highest BCUT2D eigenvalue weighted by atomic mass is 19.3. The van der Waals surface area contributed by atoms with Crippen molar-refractivity contribution < 1.29 is 27.4 Å². The molecule has 1 unspecified atom stereocenters. The van der Waals surface area contributed by atoms with Crippen LogP contribution < -0.4 is 4.74 Å². The topological polar surface area (TPSA) is 51.7 Å². The number of cyclic esters (lactones) is 1. The summed E-state index contributed by atoms with van der Waals surface area (Å²) >= 11 is 0. The van der Waals surface area contributed by atoms with Crippen molar-refractivity contribution in [1.82, 2.24) is 9.88 Å². The van der Waals surface area contributed by atoms with Gasteiger partial charge < -0.3 is 9.47 Å². The molecule has 1 aliphatic heterocycles. The zero-order valence-corrected chi connectivity index (χ0v) is 13.3. The number of hydrogen-bond acceptors (Lipinski definition) is 4. The van der Waals surface area contributed by atoms with E-state index in [9.17, 15) is 18.0 Å². The summed E-state index contributed by atoms with van der Waals surface area (Å²) < 4.78 is 49.6. The fraction of sp³-hybridized carbons (Fsp3) is 0.294. The molecule has 0 aliphatic carbocycles. The third-order valence-electron chi connectivity index (χ3n) is 3.76. The summed E-state index contributed by atoms with van der Waals surface area (Å²) in [7, 11) is 0. The van der Waals surface area contributed by atoms with Crippen molar-refractivity contribution >= 4 is 6.09 Å². The van der Waals surface area contributed by atoms with Crippen molar-refractivity contribution in [1.29, 1.82) is 0 Å². The van der Waals surface area contributed by atoms with E-state index >= 15 is 0 Å². The molecule has 132 valence electrons. The van der Waals surface area contributed by atoms with Crippen LogP contribution in [-0.4, -0.2) is 35.1 Å². The predicted octanol–water partition coefficient (Wildman–Crippen LogP) is 3.91. The van der Waals surface area contributed by atoms with Crippen molar-refractivity contribution in [2.45, 2.75) is 25.9 Å². The Balaban J connectivity index is 1.69. The Hall–Kier alpha value is -2.77. The smallest absolute Gasteiger partial charge is 0.410 e. The van der Waals surface area contributed by atoms with Gasteiger partial charge in [0.05, 0.1) is 6.54 Å². The number of ether oxygens (including phenoxy) is 2. The van der Waals surface area contributed by atoms with Crippen molar-refractivity contribution in [2.24, 2.45) is 0 Å². The van der Waals surface area contributed by atoms with Crippen LogP contribution in [-0.2, 0) is 11.3 Å². The number of hydrogen-bond donors (Lipinski definition) is 0. The molecule has 1 aliphatic rings. The molecule has 3 rings (SSSR count). The second-order valence-corrected chi connectivity index (χ2v) is 5.65. The average molecular weight is 352 g/mol. The van der Waals surface area contributed by atoms with E-state index < -0.39 is 24.4 Å². The molecule has 0 N–H and O–H groups in total. The minimum Gasteiger partial charge on any atom is -0.447 e. The zero-order valence-electron chi connectivity index (χ0n) is 13.3. The van der Waals surface area contributed by atoms with Crippen LogP contribution in [0.4, 0.5) is 18.0 Å². The summed E-state index contributed by atoms with van der Waals surface area (Å²) in [5.74, 6) is -0.321. The van der Waals surface area contributed by atoms with Gasteiger partial charge in [-0.2, -0.15) is 0 Å². The van der Waals surface area contributed by atoms with E-state index in [1.165, 1.54) is 24.4 Å². The van der Waals surface area contributed by atoms with Crippen LogP contribution in [0.1, 0.15) is 11.1 Å². The molecule has 0 radical (unpaired) electrons. The van der Waals surface area contributed by atoms with Gasteiger partial charge in [0.2, 0.25) is 5.88 Å². The first-order chi connectivity index (χ1) is 11.9. The number of aromatic nitrogens is 1. The van der Waals surface area contributed by atoms with Crippen molar-refractivity contribution in [3.63, 3.8) is 0 Å². The lowest BCUT2D eigenvalue weighted by molar-refractivity contribution is 0.0574. The molecule has 1 amide bonds. The van der Waals surface area contributed by atoms with Crippen LogP contribution in [0.3, 0.4) is 0 Å². The molecule has 2 heterocycles. The third kappa shape index (κ3) is 3.84. The molecule has 1 fully saturated rings. The van der Waals surface area contributed by atoms with Crippen LogP contribution in [0, 0.1) is 12.7 Å². The van der Waals surface area contributed by atoms with Gasteiger partial charge >= 0.3 is 6.09 Å². The molecule has 25 heavy (non-hydrogen) atoms. The number of halogens is 3. The number of carbonyl (C=O) groups is 1. The van der Waals surface area contributed by atoms with E-state index in [0.717, 1.165) is 10.5 Å². The van der Waals surface area contributed by atoms with Gasteiger partial charge in [-0.1, -0.05) is 12.1 Å². The fourth-order valence-electron chi connectivity index (χ4n) is 2.42. The monoisotopic (exact) mass is 352 g/mol. The maximum Gasteiger partial charge on any atom is 0.410 e. The maximum absolute atomic E-state index is 13.8. The van der Waals surface area contributed by atoms with Gasteiger partial charge in [0.15, 0.2) is 11.6 Å². The average Bonchev–Trinajstić information content (AvgIpc) is 2.93. The van der Waals surface area contributed by atoms with Gasteiger partial charge in [-0.25, -0.2) is 22.9 Å². The van der Waals surface area contributed by atoms with Crippen LogP contribution in [0.15, 0.2) is 36.5 Å². The van der Waals surface area contributed by atoms with Gasteiger partial charge in [-0.3, -0.25) is 4.90 Å². The Labute approximate surface area is 142 Å². The summed E-state index contributed by atoms with van der Waals surface area (Å²) in [4.78, 5) is 16.5. The lowest BCUT2D eigenvalue weighted by atomic mass is 10.2. The SMILES string of the molecule is Cc1ccc(Oc2ccc(CN3C(=O)OCC3C(F)F)cn2)c(F)c1. The Kier molecular flexibility index (Phi) is 4.78. The summed E-state index contributed by atoms with van der Waals surface area (Å²) in [5.41, 5.74) is 1.29. The number of pyridine rings is 1. The lowest BCUT2D eigenvalue weighted by Gasteiger charge is -2.20. The second-order valence-electron chi connectivity index (χ2n) is 5.65. The number of benzene rings is 1. The summed E-state index contributed by atoms with van der Waals surface area (Å²) in [6.45, 7) is 1.37. The van der Waals surface area contributed by atoms with Crippen LogP contribution in [0.25, 0.3) is 0 Å². The zero-order chi connectivity index (χ0) is 18.0. The van der Waals surface area contributed by atoms with Gasteiger partial charge in [-0.05, 0) is 30.2 Å². The Morgan fingerprint density at radius 3 is 2.80 bits per heavy atom. The molecule has 0 spiro atoms. The highest BCUT2D eigenvalue weighted by Crippen LogP contribution is 2.25. The maximum atomic E-state index is 13.8. The Bertz CT molecular complexity index is 768. The van der Waals surface area contributed by atoms with Crippen molar-refractivity contribution in [2.75, 3.05) is 6.61 Å². The minimum atomic E-state index is -2.69. The number of nitrogens with zero attached hydrogens (tertiary/aromatic N) is 2. The number of carbonyl (C=O) groups excluding carboxylic acids is 1. The van der Waals surface area contributed by atoms with Gasteiger partial charge in [0.25, 0.3) is 6.43 Å². The van der Waals surface area contributed by atoms with E-state index in [1.807, 2.05) is 0 Å². The predicted molar refractivity (Wildman–Crippen MR) is 82.1 cm³/mol. The van der Waals surface area contributed by atoms with E-state index in [1.54, 1.807) is 19.1 Å². The molecular formula is C17H15F3N2O3. The molecule has 1 aromatic heterocycles. The second kappa shape index (κ2) is 7.00. The molecule has 1 atom stereocenters. The van der Waals surface area contributed by atoms with Crippen LogP contribution in [0.2, 0.25) is 0 Å². The molecular weight excluding hydrogens is 337 g/mol. The standard InChI is InChI=1S/C17H15F3N2O3/c1-10-2-4-14(12(18)6-10)25-15-5-3-11(7-21-15)8-22-13(16(19)20)9-24-17(22)23/h2-7,13,16H,8-9H2,1H3. The molecule has 1 aromatic carbocycles. The molecule has 5 nitrogen and oxygen atoms in total. The number of amides is 1. The fourth-order valence-corrected chi connectivity index (χ4v) is 2.42. The van der Waals surface area contributed by atoms with Crippen LogP contribution in [0.5, 0.6) is 11.6 Å². The van der Waals surface area contributed by atoms with Gasteiger partial charge in [0.1, 0.15) is 12.6 Å². The minimum absolute atomic E-state index is 0.0340. The Morgan fingerprint density at radius 1 is 1.36 bits per heavy atom. The first-order valence-corrected chi connectivity index (χ1v) is 7.54. The largest absolute Gasteiger partial charge is 0.447 e. The third-order valence-corrected chi connectivity index (χ3v) is 3.76. The number of alkyl halides is 2. The van der Waals surface area contributed by atoms with E-state index in [-0.39, 0.29) is 24.8 Å². The summed E-state index contributed by atoms with van der Waals surface area (Å²) in [5, 5.41) is 0. The van der Waals surface area contributed by atoms with Gasteiger partial charge in [0, 0.05) is 12.3 Å². The van der Waals surface area contributed by atoms with E-state index in [0.29, 0.717) is 5.56 Å². The lowest BCUT2D eigenvalue weighted by Crippen LogP contribution is -2.38. The quantitative estimate of drug-likeness (QED) is 0.819. The first kappa shape index (κ1) is 17.1. The Morgan fingerprint density at radius 2 is 2.16 bits per heavy atom. The highest BCUT2D eigenvalue weighted by molar-refractivity contribution is 5.70. The number of rotatable bonds is 5. The molecule has 0 bridgehead atoms. The first-order valence-electron chi connectivity index (χ1n) is 7.54. The molecule has 1 saturated heterocycles. The van der Waals surface area contributed by atoms with Crippen molar-refractivity contribution in [3.05, 3.63) is 53.5 Å². The highest BCUT2D eigenvalue weighted by Gasteiger charge is 2.39. The molecule has 8 heteroatoms.